The third kappa shape index (κ3) is 5.04. The van der Waals surface area contributed by atoms with Crippen molar-refractivity contribution in [3.8, 4) is 0 Å². The molecule has 3 N–H and O–H groups in total. The Morgan fingerprint density at radius 1 is 1.59 bits per heavy atom. The van der Waals surface area contributed by atoms with Crippen LogP contribution in [0.15, 0.2) is 0 Å². The standard InChI is InChI=1S/C13H27N3O/c1-3-5-12(8-14)13(17)15-9-11-6-4-7-16(2)10-11/h11-12H,3-10,14H2,1-2H3,(H,15,17). The van der Waals surface area contributed by atoms with E-state index in [0.717, 1.165) is 25.9 Å². The summed E-state index contributed by atoms with van der Waals surface area (Å²) < 4.78 is 0. The first-order chi connectivity index (χ1) is 8.17. The van der Waals surface area contributed by atoms with E-state index >= 15 is 0 Å². The van der Waals surface area contributed by atoms with Crippen molar-refractivity contribution < 1.29 is 4.79 Å². The highest BCUT2D eigenvalue weighted by molar-refractivity contribution is 5.78. The number of nitrogens with zero attached hydrogens (tertiary/aromatic N) is 1. The van der Waals surface area contributed by atoms with Gasteiger partial charge in [0.05, 0.1) is 5.92 Å². The topological polar surface area (TPSA) is 58.4 Å². The number of likely N-dealkylation sites (tertiary alicyclic amines) is 1. The van der Waals surface area contributed by atoms with Crippen LogP contribution in [0.3, 0.4) is 0 Å². The third-order valence-corrected chi connectivity index (χ3v) is 3.58. The highest BCUT2D eigenvalue weighted by Crippen LogP contribution is 2.14. The molecule has 0 aliphatic carbocycles. The van der Waals surface area contributed by atoms with E-state index in [2.05, 4.69) is 24.2 Å². The Balaban J connectivity index is 2.26. The smallest absolute Gasteiger partial charge is 0.224 e. The fourth-order valence-electron chi connectivity index (χ4n) is 2.53. The lowest BCUT2D eigenvalue weighted by atomic mass is 9.97. The maximum atomic E-state index is 11.9. The first-order valence-corrected chi connectivity index (χ1v) is 6.83. The van der Waals surface area contributed by atoms with Crippen LogP contribution in [0, 0.1) is 11.8 Å². The lowest BCUT2D eigenvalue weighted by Gasteiger charge is -2.30. The summed E-state index contributed by atoms with van der Waals surface area (Å²) in [5.74, 6) is 0.752. The van der Waals surface area contributed by atoms with Crippen LogP contribution in [0.1, 0.15) is 32.6 Å². The lowest BCUT2D eigenvalue weighted by Crippen LogP contribution is -2.42. The Bertz CT molecular complexity index is 233. The molecule has 2 atom stereocenters. The van der Waals surface area contributed by atoms with Crippen LogP contribution in [0.5, 0.6) is 0 Å². The summed E-state index contributed by atoms with van der Waals surface area (Å²) >= 11 is 0. The summed E-state index contributed by atoms with van der Waals surface area (Å²) in [6.07, 6.45) is 4.38. The molecule has 1 rings (SSSR count). The molecular formula is C13H27N3O. The number of hydrogen-bond donors (Lipinski definition) is 2. The average molecular weight is 241 g/mol. The molecule has 1 aliphatic heterocycles. The monoisotopic (exact) mass is 241 g/mol. The van der Waals surface area contributed by atoms with E-state index in [-0.39, 0.29) is 11.8 Å². The minimum atomic E-state index is 0.00122. The summed E-state index contributed by atoms with van der Waals surface area (Å²) in [6, 6.07) is 0. The summed E-state index contributed by atoms with van der Waals surface area (Å²) in [4.78, 5) is 14.2. The fraction of sp³-hybridized carbons (Fsp3) is 0.923. The molecule has 17 heavy (non-hydrogen) atoms. The maximum absolute atomic E-state index is 11.9. The zero-order valence-electron chi connectivity index (χ0n) is 11.2. The fourth-order valence-corrected chi connectivity index (χ4v) is 2.53. The van der Waals surface area contributed by atoms with E-state index in [9.17, 15) is 4.79 Å². The maximum Gasteiger partial charge on any atom is 0.224 e. The quantitative estimate of drug-likeness (QED) is 0.724. The third-order valence-electron chi connectivity index (χ3n) is 3.58. The molecule has 4 heteroatoms. The van der Waals surface area contributed by atoms with Gasteiger partial charge in [-0.25, -0.2) is 0 Å². The summed E-state index contributed by atoms with van der Waals surface area (Å²) in [5, 5.41) is 3.06. The van der Waals surface area contributed by atoms with Gasteiger partial charge in [-0.3, -0.25) is 4.79 Å². The van der Waals surface area contributed by atoms with E-state index in [1.54, 1.807) is 0 Å². The molecule has 0 radical (unpaired) electrons. The molecule has 0 bridgehead atoms. The average Bonchev–Trinajstić information content (AvgIpc) is 2.33. The van der Waals surface area contributed by atoms with Crippen molar-refractivity contribution in [1.82, 2.24) is 10.2 Å². The predicted molar refractivity (Wildman–Crippen MR) is 70.7 cm³/mol. The molecule has 1 fully saturated rings. The Morgan fingerprint density at radius 3 is 2.94 bits per heavy atom. The SMILES string of the molecule is CCCC(CN)C(=O)NCC1CCCN(C)C1. The second-order valence-corrected chi connectivity index (χ2v) is 5.24. The van der Waals surface area contributed by atoms with Crippen LogP contribution < -0.4 is 11.1 Å². The first-order valence-electron chi connectivity index (χ1n) is 6.83. The highest BCUT2D eigenvalue weighted by atomic mass is 16.1. The Labute approximate surface area is 105 Å². The van der Waals surface area contributed by atoms with Crippen LogP contribution >= 0.6 is 0 Å². The number of carbonyl (C=O) groups excluding carboxylic acids is 1. The first kappa shape index (κ1) is 14.5. The van der Waals surface area contributed by atoms with Gasteiger partial charge >= 0.3 is 0 Å². The van der Waals surface area contributed by atoms with Gasteiger partial charge in [-0.05, 0) is 38.8 Å². The highest BCUT2D eigenvalue weighted by Gasteiger charge is 2.20. The number of piperidine rings is 1. The molecule has 1 aliphatic rings. The summed E-state index contributed by atoms with van der Waals surface area (Å²) in [5.41, 5.74) is 5.62. The Kier molecular flexibility index (Phi) is 6.52. The molecule has 0 aromatic rings. The number of nitrogens with one attached hydrogen (secondary N) is 1. The molecule has 0 spiro atoms. The van der Waals surface area contributed by atoms with Crippen LogP contribution in [0.2, 0.25) is 0 Å². The molecule has 1 saturated heterocycles. The van der Waals surface area contributed by atoms with E-state index in [4.69, 9.17) is 5.73 Å². The van der Waals surface area contributed by atoms with Crippen molar-refractivity contribution in [2.45, 2.75) is 32.6 Å². The normalized spacial score (nSPS) is 23.4. The van der Waals surface area contributed by atoms with E-state index < -0.39 is 0 Å². The van der Waals surface area contributed by atoms with E-state index in [1.807, 2.05) is 0 Å². The summed E-state index contributed by atoms with van der Waals surface area (Å²) in [6.45, 7) is 5.65. The molecule has 1 heterocycles. The molecule has 0 saturated carbocycles. The van der Waals surface area contributed by atoms with Gasteiger partial charge in [0.2, 0.25) is 5.91 Å². The number of amides is 1. The van der Waals surface area contributed by atoms with Crippen molar-refractivity contribution in [2.75, 3.05) is 33.2 Å². The van der Waals surface area contributed by atoms with Crippen LogP contribution in [-0.4, -0.2) is 44.0 Å². The molecule has 4 nitrogen and oxygen atoms in total. The number of rotatable bonds is 6. The van der Waals surface area contributed by atoms with Gasteiger partial charge in [0.1, 0.15) is 0 Å². The molecule has 100 valence electrons. The van der Waals surface area contributed by atoms with Gasteiger partial charge in [-0.2, -0.15) is 0 Å². The van der Waals surface area contributed by atoms with Crippen LogP contribution in [0.25, 0.3) is 0 Å². The van der Waals surface area contributed by atoms with Gasteiger partial charge in [0, 0.05) is 19.6 Å². The molecule has 0 aromatic carbocycles. The lowest BCUT2D eigenvalue weighted by molar-refractivity contribution is -0.125. The van der Waals surface area contributed by atoms with Gasteiger partial charge in [-0.1, -0.05) is 13.3 Å². The summed E-state index contributed by atoms with van der Waals surface area (Å²) in [7, 11) is 2.15. The van der Waals surface area contributed by atoms with E-state index in [0.29, 0.717) is 12.5 Å². The van der Waals surface area contributed by atoms with Crippen LogP contribution in [0.4, 0.5) is 0 Å². The predicted octanol–water partition coefficient (Wildman–Crippen LogP) is 0.819. The van der Waals surface area contributed by atoms with Gasteiger partial charge in [-0.15, -0.1) is 0 Å². The van der Waals surface area contributed by atoms with Gasteiger partial charge in [0.15, 0.2) is 0 Å². The Hall–Kier alpha value is -0.610. The number of nitrogens with two attached hydrogens (primary N) is 1. The molecule has 0 aromatic heterocycles. The number of carbonyl (C=O) groups is 1. The van der Waals surface area contributed by atoms with Gasteiger partial charge < -0.3 is 16.0 Å². The minimum Gasteiger partial charge on any atom is -0.355 e. The zero-order valence-corrected chi connectivity index (χ0v) is 11.2. The van der Waals surface area contributed by atoms with Crippen molar-refractivity contribution >= 4 is 5.91 Å². The van der Waals surface area contributed by atoms with Crippen molar-refractivity contribution in [3.63, 3.8) is 0 Å². The largest absolute Gasteiger partial charge is 0.355 e. The zero-order chi connectivity index (χ0) is 12.7. The molecule has 2 unspecified atom stereocenters. The second-order valence-electron chi connectivity index (χ2n) is 5.24. The second kappa shape index (κ2) is 7.67. The number of hydrogen-bond acceptors (Lipinski definition) is 3. The Morgan fingerprint density at radius 2 is 2.35 bits per heavy atom. The van der Waals surface area contributed by atoms with Gasteiger partial charge in [0.25, 0.3) is 0 Å². The minimum absolute atomic E-state index is 0.00122. The van der Waals surface area contributed by atoms with Crippen molar-refractivity contribution in [2.24, 2.45) is 17.6 Å². The van der Waals surface area contributed by atoms with E-state index in [1.165, 1.54) is 19.4 Å². The van der Waals surface area contributed by atoms with Crippen LogP contribution in [-0.2, 0) is 4.79 Å². The van der Waals surface area contributed by atoms with Crippen molar-refractivity contribution in [3.05, 3.63) is 0 Å². The molecule has 1 amide bonds. The van der Waals surface area contributed by atoms with Crippen molar-refractivity contribution in [1.29, 1.82) is 0 Å². The molecular weight excluding hydrogens is 214 g/mol.